The molecule has 0 spiro atoms. The summed E-state index contributed by atoms with van der Waals surface area (Å²) in [6.45, 7) is 3.75. The molecule has 7 heteroatoms. The minimum atomic E-state index is -1.07. The van der Waals surface area contributed by atoms with Crippen LogP contribution in [-0.4, -0.2) is 23.0 Å². The number of carbonyl (C=O) groups excluding carboxylic acids is 1. The second-order valence-corrected chi connectivity index (χ2v) is 8.33. The average molecular weight is 425 g/mol. The van der Waals surface area contributed by atoms with Gasteiger partial charge >= 0.3 is 11.6 Å². The number of hydrogen-bond acceptors (Lipinski definition) is 5. The summed E-state index contributed by atoms with van der Waals surface area (Å²) in [6.07, 6.45) is 5.77. The van der Waals surface area contributed by atoms with Gasteiger partial charge in [-0.3, -0.25) is 4.79 Å². The molecular formula is C24H27NO6. The number of nitrogens with one attached hydrogen (secondary N) is 1. The molecule has 31 heavy (non-hydrogen) atoms. The number of aryl methyl sites for hydroxylation is 3. The molecule has 1 aromatic carbocycles. The predicted octanol–water partition coefficient (Wildman–Crippen LogP) is 4.03. The summed E-state index contributed by atoms with van der Waals surface area (Å²) < 4.78 is 11.5. The second-order valence-electron chi connectivity index (χ2n) is 8.33. The zero-order chi connectivity index (χ0) is 22.1. The molecule has 4 rings (SSSR count). The van der Waals surface area contributed by atoms with Gasteiger partial charge < -0.3 is 19.3 Å². The first-order valence-electron chi connectivity index (χ1n) is 10.9. The average Bonchev–Trinajstić information content (AvgIpc) is 3.10. The molecule has 3 aromatic rings. The number of fused-ring (bicyclic) bond motifs is 4. The van der Waals surface area contributed by atoms with Crippen LogP contribution in [0.5, 0.6) is 0 Å². The van der Waals surface area contributed by atoms with Crippen LogP contribution in [-0.2, 0) is 28.9 Å². The molecule has 2 N–H and O–H groups in total. The molecule has 2 aromatic heterocycles. The van der Waals surface area contributed by atoms with Gasteiger partial charge in [0, 0.05) is 28.8 Å². The predicted molar refractivity (Wildman–Crippen MR) is 116 cm³/mol. The third kappa shape index (κ3) is 4.09. The molecule has 0 saturated carbocycles. The number of benzene rings is 1. The number of aliphatic carboxylic acids is 1. The number of carboxylic acids is 1. The van der Waals surface area contributed by atoms with Gasteiger partial charge in [-0.25, -0.2) is 9.59 Å². The van der Waals surface area contributed by atoms with Gasteiger partial charge in [-0.05, 0) is 44.2 Å². The highest BCUT2D eigenvalue weighted by atomic mass is 16.4. The van der Waals surface area contributed by atoms with E-state index in [0.717, 1.165) is 48.6 Å². The van der Waals surface area contributed by atoms with Crippen molar-refractivity contribution in [2.45, 2.75) is 71.3 Å². The summed E-state index contributed by atoms with van der Waals surface area (Å²) in [5, 5.41) is 13.7. The maximum Gasteiger partial charge on any atom is 0.340 e. The van der Waals surface area contributed by atoms with Crippen LogP contribution in [0.4, 0.5) is 0 Å². The standard InChI is InChI=1S/C24H27NO6/c1-3-4-8-18(23(27)28)25-22(26)11-16-13(2)15-10-17-14-7-5-6-9-19(14)30-21(17)12-20(15)31-24(16)29/h10,12,18H,3-9,11H2,1-2H3,(H,25,26)(H,27,28)/t18-/m0/s1. The maximum absolute atomic E-state index is 12.6. The highest BCUT2D eigenvalue weighted by Crippen LogP contribution is 2.35. The van der Waals surface area contributed by atoms with E-state index < -0.39 is 23.5 Å². The molecule has 2 heterocycles. The SMILES string of the molecule is CCCC[C@H](NC(=O)Cc1c(C)c2cc3c4c(oc3cc2oc1=O)CCCC4)C(=O)O. The molecule has 1 amide bonds. The van der Waals surface area contributed by atoms with Crippen LogP contribution in [0.3, 0.4) is 0 Å². The summed E-state index contributed by atoms with van der Waals surface area (Å²) in [5.41, 5.74) is 2.70. The Morgan fingerprint density at radius 3 is 2.61 bits per heavy atom. The fraction of sp³-hybridized carbons (Fsp3) is 0.458. The molecule has 0 saturated heterocycles. The van der Waals surface area contributed by atoms with Gasteiger partial charge in [0.1, 0.15) is 23.0 Å². The molecule has 164 valence electrons. The van der Waals surface area contributed by atoms with E-state index in [0.29, 0.717) is 29.6 Å². The van der Waals surface area contributed by atoms with E-state index in [1.54, 1.807) is 13.0 Å². The molecule has 0 aliphatic heterocycles. The monoisotopic (exact) mass is 425 g/mol. The van der Waals surface area contributed by atoms with Gasteiger partial charge in [-0.2, -0.15) is 0 Å². The molecule has 1 aliphatic carbocycles. The third-order valence-corrected chi connectivity index (χ3v) is 6.18. The summed E-state index contributed by atoms with van der Waals surface area (Å²) in [7, 11) is 0. The van der Waals surface area contributed by atoms with Gasteiger partial charge in [-0.1, -0.05) is 19.8 Å². The Hall–Kier alpha value is -3.09. The van der Waals surface area contributed by atoms with Crippen molar-refractivity contribution < 1.29 is 23.5 Å². The second kappa shape index (κ2) is 8.57. The summed E-state index contributed by atoms with van der Waals surface area (Å²) in [4.78, 5) is 36.6. The number of rotatable bonds is 7. The number of amides is 1. The van der Waals surface area contributed by atoms with Crippen molar-refractivity contribution >= 4 is 33.8 Å². The molecule has 0 fully saturated rings. The quantitative estimate of drug-likeness (QED) is 0.553. The van der Waals surface area contributed by atoms with Gasteiger partial charge in [0.05, 0.1) is 12.0 Å². The van der Waals surface area contributed by atoms with Crippen LogP contribution in [0.2, 0.25) is 0 Å². The van der Waals surface area contributed by atoms with Gasteiger partial charge in [0.25, 0.3) is 0 Å². The van der Waals surface area contributed by atoms with Crippen molar-refractivity contribution in [2.24, 2.45) is 0 Å². The smallest absolute Gasteiger partial charge is 0.340 e. The third-order valence-electron chi connectivity index (χ3n) is 6.18. The lowest BCUT2D eigenvalue weighted by molar-refractivity contribution is -0.142. The largest absolute Gasteiger partial charge is 0.480 e. The zero-order valence-electron chi connectivity index (χ0n) is 17.9. The number of hydrogen-bond donors (Lipinski definition) is 2. The van der Waals surface area contributed by atoms with Crippen molar-refractivity contribution in [1.82, 2.24) is 5.32 Å². The fourth-order valence-corrected chi connectivity index (χ4v) is 4.42. The van der Waals surface area contributed by atoms with Crippen LogP contribution < -0.4 is 10.9 Å². The Morgan fingerprint density at radius 1 is 1.13 bits per heavy atom. The summed E-state index contributed by atoms with van der Waals surface area (Å²) in [5.74, 6) is -0.570. The van der Waals surface area contributed by atoms with E-state index in [4.69, 9.17) is 8.83 Å². The van der Waals surface area contributed by atoms with E-state index in [1.165, 1.54) is 5.56 Å². The molecule has 7 nitrogen and oxygen atoms in total. The number of carbonyl (C=O) groups is 2. The maximum atomic E-state index is 12.6. The normalized spacial score (nSPS) is 14.5. The van der Waals surface area contributed by atoms with Crippen LogP contribution in [0.1, 0.15) is 61.5 Å². The van der Waals surface area contributed by atoms with Crippen LogP contribution in [0, 0.1) is 6.92 Å². The van der Waals surface area contributed by atoms with E-state index >= 15 is 0 Å². The van der Waals surface area contributed by atoms with E-state index in [9.17, 15) is 19.5 Å². The van der Waals surface area contributed by atoms with Gasteiger partial charge in [-0.15, -0.1) is 0 Å². The van der Waals surface area contributed by atoms with Crippen LogP contribution in [0.25, 0.3) is 21.9 Å². The number of unbranched alkanes of at least 4 members (excludes halogenated alkanes) is 1. The first kappa shape index (κ1) is 21.2. The summed E-state index contributed by atoms with van der Waals surface area (Å²) >= 11 is 0. The fourth-order valence-electron chi connectivity index (χ4n) is 4.42. The lowest BCUT2D eigenvalue weighted by Crippen LogP contribution is -2.42. The molecule has 0 radical (unpaired) electrons. The lowest BCUT2D eigenvalue weighted by Gasteiger charge is -2.14. The van der Waals surface area contributed by atoms with Crippen LogP contribution >= 0.6 is 0 Å². The summed E-state index contributed by atoms with van der Waals surface area (Å²) in [6, 6.07) is 2.78. The number of furan rings is 1. The van der Waals surface area contributed by atoms with Gasteiger partial charge in [0.2, 0.25) is 5.91 Å². The molecule has 1 atom stereocenters. The molecular weight excluding hydrogens is 398 g/mol. The molecule has 0 unspecified atom stereocenters. The lowest BCUT2D eigenvalue weighted by atomic mass is 9.94. The minimum Gasteiger partial charge on any atom is -0.480 e. The highest BCUT2D eigenvalue weighted by molar-refractivity contribution is 5.97. The first-order valence-corrected chi connectivity index (χ1v) is 10.9. The topological polar surface area (TPSA) is 110 Å². The van der Waals surface area contributed by atoms with Crippen molar-refractivity contribution in [3.05, 3.63) is 45.0 Å². The Balaban J connectivity index is 1.68. The zero-order valence-corrected chi connectivity index (χ0v) is 17.9. The van der Waals surface area contributed by atoms with Crippen molar-refractivity contribution in [3.8, 4) is 0 Å². The Morgan fingerprint density at radius 2 is 1.87 bits per heavy atom. The van der Waals surface area contributed by atoms with E-state index in [1.807, 2.05) is 13.0 Å². The van der Waals surface area contributed by atoms with Crippen molar-refractivity contribution in [3.63, 3.8) is 0 Å². The van der Waals surface area contributed by atoms with Crippen LogP contribution in [0.15, 0.2) is 25.8 Å². The highest BCUT2D eigenvalue weighted by Gasteiger charge is 2.23. The Labute approximate surface area is 179 Å². The molecule has 1 aliphatic rings. The van der Waals surface area contributed by atoms with Crippen molar-refractivity contribution in [2.75, 3.05) is 0 Å². The van der Waals surface area contributed by atoms with Crippen molar-refractivity contribution in [1.29, 1.82) is 0 Å². The Kier molecular flexibility index (Phi) is 5.85. The number of carboxylic acid groups (broad SMARTS) is 1. The van der Waals surface area contributed by atoms with Gasteiger partial charge in [0.15, 0.2) is 0 Å². The van der Waals surface area contributed by atoms with E-state index in [2.05, 4.69) is 5.32 Å². The Bertz CT molecular complexity index is 1220. The first-order chi connectivity index (χ1) is 14.9. The minimum absolute atomic E-state index is 0.221. The molecule has 0 bridgehead atoms. The van der Waals surface area contributed by atoms with E-state index in [-0.39, 0.29) is 12.0 Å².